The number of benzene rings is 1. The fourth-order valence-electron chi connectivity index (χ4n) is 3.30. The summed E-state index contributed by atoms with van der Waals surface area (Å²) in [5.41, 5.74) is 3.23. The number of carbonyl (C=O) groups is 1. The molecule has 0 aliphatic rings. The number of thiophene rings is 1. The van der Waals surface area contributed by atoms with E-state index >= 15 is 0 Å². The number of nitrogens with zero attached hydrogens (tertiary/aromatic N) is 3. The Hall–Kier alpha value is -2.51. The molecule has 0 amide bonds. The molecular weight excluding hydrogens is 426 g/mol. The van der Waals surface area contributed by atoms with E-state index in [0.29, 0.717) is 15.8 Å². The largest absolute Gasteiger partial charge is 0.318 e. The van der Waals surface area contributed by atoms with Crippen molar-refractivity contribution in [3.8, 4) is 5.69 Å². The molecule has 1 aromatic carbocycles. The maximum atomic E-state index is 12.9. The summed E-state index contributed by atoms with van der Waals surface area (Å²) in [4.78, 5) is 30.4. The van der Waals surface area contributed by atoms with Crippen LogP contribution in [0.3, 0.4) is 0 Å². The van der Waals surface area contributed by atoms with Gasteiger partial charge >= 0.3 is 0 Å². The maximum absolute atomic E-state index is 12.9. The molecule has 0 saturated heterocycles. The van der Waals surface area contributed by atoms with Crippen LogP contribution in [0.4, 0.5) is 0 Å². The van der Waals surface area contributed by atoms with Crippen molar-refractivity contribution in [3.05, 3.63) is 79.9 Å². The second-order valence-corrected chi connectivity index (χ2v) is 8.15. The minimum absolute atomic E-state index is 0.0274. The van der Waals surface area contributed by atoms with Gasteiger partial charge in [-0.25, -0.2) is 4.98 Å². The first-order chi connectivity index (χ1) is 13.0. The number of hydrogen-bond donors (Lipinski definition) is 0. The predicted molar refractivity (Wildman–Crippen MR) is 111 cm³/mol. The first-order valence-corrected chi connectivity index (χ1v) is 10.0. The number of fused-ring (bicyclic) bond motifs is 1. The molecule has 4 rings (SSSR count). The fraction of sp³-hybridized carbons (Fsp3) is 0.150. The molecule has 0 saturated carbocycles. The molecule has 27 heavy (non-hydrogen) atoms. The van der Waals surface area contributed by atoms with Crippen LogP contribution in [0.5, 0.6) is 0 Å². The van der Waals surface area contributed by atoms with Crippen molar-refractivity contribution in [1.29, 1.82) is 0 Å². The zero-order valence-electron chi connectivity index (χ0n) is 14.8. The van der Waals surface area contributed by atoms with E-state index in [2.05, 4.69) is 20.9 Å². The Kier molecular flexibility index (Phi) is 4.57. The number of halogens is 1. The van der Waals surface area contributed by atoms with Crippen LogP contribution in [0.15, 0.2) is 57.4 Å². The number of aryl methyl sites for hydroxylation is 1. The lowest BCUT2D eigenvalue weighted by molar-refractivity contribution is 0.0970. The highest BCUT2D eigenvalue weighted by Gasteiger charge is 2.18. The SMILES string of the molecule is Cc1cc(C(=O)Cn2cnc3sccc3c2=O)c(C)n1-c1cccc(Br)c1. The summed E-state index contributed by atoms with van der Waals surface area (Å²) in [6, 6.07) is 11.5. The maximum Gasteiger partial charge on any atom is 0.262 e. The zero-order valence-corrected chi connectivity index (χ0v) is 17.2. The van der Waals surface area contributed by atoms with Gasteiger partial charge in [0.05, 0.1) is 18.3 Å². The van der Waals surface area contributed by atoms with Gasteiger partial charge in [-0.05, 0) is 49.6 Å². The number of carbonyl (C=O) groups excluding carboxylic acids is 1. The molecule has 0 fully saturated rings. The van der Waals surface area contributed by atoms with Crippen molar-refractivity contribution in [2.24, 2.45) is 0 Å². The van der Waals surface area contributed by atoms with E-state index in [1.54, 1.807) is 6.07 Å². The smallest absolute Gasteiger partial charge is 0.262 e. The molecular formula is C20H16BrN3O2S. The van der Waals surface area contributed by atoms with Crippen molar-refractivity contribution >= 4 is 43.3 Å². The molecule has 0 bridgehead atoms. The fourth-order valence-corrected chi connectivity index (χ4v) is 4.41. The van der Waals surface area contributed by atoms with Gasteiger partial charge in [0.25, 0.3) is 5.56 Å². The van der Waals surface area contributed by atoms with E-state index in [0.717, 1.165) is 21.5 Å². The topological polar surface area (TPSA) is 56.9 Å². The standard InChI is InChI=1S/C20H16BrN3O2S/c1-12-8-17(13(2)24(12)15-5-3-4-14(21)9-15)18(25)10-23-11-22-19-16(20(23)26)6-7-27-19/h3-9,11H,10H2,1-2H3. The molecule has 7 heteroatoms. The summed E-state index contributed by atoms with van der Waals surface area (Å²) in [6.45, 7) is 3.86. The molecule has 0 atom stereocenters. The van der Waals surface area contributed by atoms with Crippen LogP contribution in [0.1, 0.15) is 21.7 Å². The molecule has 4 aromatic rings. The average molecular weight is 442 g/mol. The first-order valence-electron chi connectivity index (χ1n) is 8.36. The van der Waals surface area contributed by atoms with Crippen LogP contribution in [0.2, 0.25) is 0 Å². The normalized spacial score (nSPS) is 11.2. The van der Waals surface area contributed by atoms with Crippen molar-refractivity contribution in [3.63, 3.8) is 0 Å². The van der Waals surface area contributed by atoms with E-state index in [4.69, 9.17) is 0 Å². The summed E-state index contributed by atoms with van der Waals surface area (Å²) in [5.74, 6) is -0.108. The van der Waals surface area contributed by atoms with E-state index in [-0.39, 0.29) is 17.9 Å². The van der Waals surface area contributed by atoms with Gasteiger partial charge in [0.2, 0.25) is 0 Å². The number of hydrogen-bond acceptors (Lipinski definition) is 4. The Morgan fingerprint density at radius 3 is 2.81 bits per heavy atom. The van der Waals surface area contributed by atoms with Crippen LogP contribution in [0, 0.1) is 13.8 Å². The third-order valence-electron chi connectivity index (χ3n) is 4.56. The number of aromatic nitrogens is 3. The highest BCUT2D eigenvalue weighted by molar-refractivity contribution is 9.10. The Morgan fingerprint density at radius 2 is 2.04 bits per heavy atom. The second-order valence-electron chi connectivity index (χ2n) is 6.34. The van der Waals surface area contributed by atoms with Gasteiger partial charge in [0, 0.05) is 27.1 Å². The molecule has 0 unspecified atom stereocenters. The predicted octanol–water partition coefficient (Wildman–Crippen LogP) is 4.51. The molecule has 3 heterocycles. The third kappa shape index (κ3) is 3.17. The summed E-state index contributed by atoms with van der Waals surface area (Å²) in [5, 5.41) is 2.38. The number of rotatable bonds is 4. The summed E-state index contributed by atoms with van der Waals surface area (Å²) in [7, 11) is 0. The van der Waals surface area contributed by atoms with Crippen LogP contribution < -0.4 is 5.56 Å². The van der Waals surface area contributed by atoms with Gasteiger partial charge in [-0.3, -0.25) is 14.2 Å². The Labute approximate surface area is 168 Å². The lowest BCUT2D eigenvalue weighted by Crippen LogP contribution is -2.24. The van der Waals surface area contributed by atoms with Crippen molar-refractivity contribution < 1.29 is 4.79 Å². The Morgan fingerprint density at radius 1 is 1.22 bits per heavy atom. The van der Waals surface area contributed by atoms with E-state index in [1.165, 1.54) is 22.2 Å². The lowest BCUT2D eigenvalue weighted by Gasteiger charge is -2.10. The van der Waals surface area contributed by atoms with E-state index in [9.17, 15) is 9.59 Å². The molecule has 0 radical (unpaired) electrons. The van der Waals surface area contributed by atoms with Crippen LogP contribution in [-0.2, 0) is 6.54 Å². The summed E-state index contributed by atoms with van der Waals surface area (Å²) in [6.07, 6.45) is 1.45. The highest BCUT2D eigenvalue weighted by atomic mass is 79.9. The molecule has 0 aliphatic carbocycles. The first kappa shape index (κ1) is 17.9. The van der Waals surface area contributed by atoms with E-state index in [1.807, 2.05) is 54.1 Å². The Balaban J connectivity index is 1.71. The van der Waals surface area contributed by atoms with Gasteiger partial charge in [-0.15, -0.1) is 11.3 Å². The summed E-state index contributed by atoms with van der Waals surface area (Å²) >= 11 is 4.90. The van der Waals surface area contributed by atoms with Gasteiger partial charge < -0.3 is 4.57 Å². The lowest BCUT2D eigenvalue weighted by atomic mass is 10.1. The average Bonchev–Trinajstić information content (AvgIpc) is 3.22. The third-order valence-corrected chi connectivity index (χ3v) is 5.88. The minimum Gasteiger partial charge on any atom is -0.318 e. The van der Waals surface area contributed by atoms with Crippen molar-refractivity contribution in [2.45, 2.75) is 20.4 Å². The van der Waals surface area contributed by atoms with Crippen molar-refractivity contribution in [1.82, 2.24) is 14.1 Å². The van der Waals surface area contributed by atoms with Crippen molar-refractivity contribution in [2.75, 3.05) is 0 Å². The number of Topliss-reactive ketones (excluding diaryl/α,β-unsaturated/α-hetero) is 1. The Bertz CT molecular complexity index is 1240. The van der Waals surface area contributed by atoms with Gasteiger partial charge in [-0.2, -0.15) is 0 Å². The summed E-state index contributed by atoms with van der Waals surface area (Å²) < 4.78 is 4.39. The number of ketones is 1. The molecule has 5 nitrogen and oxygen atoms in total. The molecule has 0 spiro atoms. The van der Waals surface area contributed by atoms with Crippen LogP contribution in [-0.4, -0.2) is 19.9 Å². The second kappa shape index (κ2) is 6.90. The van der Waals surface area contributed by atoms with E-state index < -0.39 is 0 Å². The molecule has 136 valence electrons. The van der Waals surface area contributed by atoms with Crippen LogP contribution >= 0.6 is 27.3 Å². The van der Waals surface area contributed by atoms with Gasteiger partial charge in [0.1, 0.15) is 4.83 Å². The minimum atomic E-state index is -0.185. The monoisotopic (exact) mass is 441 g/mol. The molecule has 0 N–H and O–H groups in total. The molecule has 0 aliphatic heterocycles. The highest BCUT2D eigenvalue weighted by Crippen LogP contribution is 2.24. The van der Waals surface area contributed by atoms with Crippen LogP contribution in [0.25, 0.3) is 15.9 Å². The van der Waals surface area contributed by atoms with Gasteiger partial charge in [-0.1, -0.05) is 22.0 Å². The quantitative estimate of drug-likeness (QED) is 0.437. The zero-order chi connectivity index (χ0) is 19.1. The van der Waals surface area contributed by atoms with Gasteiger partial charge in [0.15, 0.2) is 5.78 Å². The molecule has 3 aromatic heterocycles.